The molecule has 0 aliphatic carbocycles. The van der Waals surface area contributed by atoms with Crippen LogP contribution >= 0.6 is 24.0 Å². The van der Waals surface area contributed by atoms with Gasteiger partial charge < -0.3 is 4.74 Å². The quantitative estimate of drug-likeness (QED) is 0.647. The molecule has 0 rings (SSSR count). The Bertz CT molecular complexity index is 182. The fraction of sp³-hybridized carbons (Fsp3) is 0.750. The van der Waals surface area contributed by atoms with E-state index in [2.05, 4.69) is 0 Å². The molecule has 2 nitrogen and oxygen atoms in total. The third-order valence-corrected chi connectivity index (χ3v) is 2.65. The van der Waals surface area contributed by atoms with Crippen LogP contribution in [0.4, 0.5) is 0 Å². The van der Waals surface area contributed by atoms with Crippen molar-refractivity contribution in [1.29, 1.82) is 0 Å². The van der Waals surface area contributed by atoms with Crippen molar-refractivity contribution in [2.45, 2.75) is 20.8 Å². The average molecular weight is 206 g/mol. The monoisotopic (exact) mass is 206 g/mol. The van der Waals surface area contributed by atoms with Crippen LogP contribution in [0.3, 0.4) is 0 Å². The molecular weight excluding hydrogens is 192 g/mol. The van der Waals surface area contributed by atoms with Gasteiger partial charge >= 0.3 is 0 Å². The van der Waals surface area contributed by atoms with Crippen LogP contribution in [-0.4, -0.2) is 23.0 Å². The minimum absolute atomic E-state index is 0.187. The van der Waals surface area contributed by atoms with Gasteiger partial charge in [0.05, 0.1) is 12.9 Å². The van der Waals surface area contributed by atoms with Crippen molar-refractivity contribution in [2.24, 2.45) is 5.41 Å². The van der Waals surface area contributed by atoms with Crippen molar-refractivity contribution in [2.75, 3.05) is 12.9 Å². The maximum Gasteiger partial charge on any atom is 0.220 e. The highest BCUT2D eigenvalue weighted by Crippen LogP contribution is 2.18. The predicted octanol–water partition coefficient (Wildman–Crippen LogP) is 2.27. The maximum atomic E-state index is 11.3. The Morgan fingerprint density at radius 2 is 2.00 bits per heavy atom. The number of rotatable bonds is 2. The summed E-state index contributed by atoms with van der Waals surface area (Å²) >= 11 is 6.06. The zero-order valence-corrected chi connectivity index (χ0v) is 9.47. The standard InChI is InChI=1S/C8H14O2S2/c1-8(2,3)6(9)5-12-7(11)10-4/h5H2,1-4H3. The van der Waals surface area contributed by atoms with Gasteiger partial charge in [-0.1, -0.05) is 32.5 Å². The van der Waals surface area contributed by atoms with E-state index in [0.29, 0.717) is 10.1 Å². The SMILES string of the molecule is COC(=S)SCC(=O)C(C)(C)C. The number of carbonyl (C=O) groups excluding carboxylic acids is 1. The Balaban J connectivity index is 3.81. The van der Waals surface area contributed by atoms with Crippen LogP contribution < -0.4 is 0 Å². The van der Waals surface area contributed by atoms with E-state index in [4.69, 9.17) is 17.0 Å². The summed E-state index contributed by atoms with van der Waals surface area (Å²) in [6.45, 7) is 5.68. The number of ketones is 1. The lowest BCUT2D eigenvalue weighted by atomic mass is 9.92. The summed E-state index contributed by atoms with van der Waals surface area (Å²) < 4.78 is 5.18. The summed E-state index contributed by atoms with van der Waals surface area (Å²) in [6.07, 6.45) is 0. The Hall–Kier alpha value is -0.0900. The van der Waals surface area contributed by atoms with Crippen molar-refractivity contribution >= 4 is 34.1 Å². The zero-order chi connectivity index (χ0) is 9.78. The van der Waals surface area contributed by atoms with E-state index in [-0.39, 0.29) is 11.2 Å². The highest BCUT2D eigenvalue weighted by molar-refractivity contribution is 8.23. The Morgan fingerprint density at radius 3 is 2.33 bits per heavy atom. The van der Waals surface area contributed by atoms with Crippen molar-refractivity contribution < 1.29 is 9.53 Å². The first kappa shape index (κ1) is 11.9. The van der Waals surface area contributed by atoms with E-state index in [1.54, 1.807) is 0 Å². The molecule has 0 aromatic carbocycles. The number of thiocarbonyl (C=S) groups is 1. The molecule has 0 aromatic heterocycles. The second-order valence-corrected chi connectivity index (χ2v) is 4.99. The second kappa shape index (κ2) is 4.82. The number of ether oxygens (including phenoxy) is 1. The highest BCUT2D eigenvalue weighted by Gasteiger charge is 2.21. The molecule has 0 aromatic rings. The first-order valence-electron chi connectivity index (χ1n) is 3.62. The summed E-state index contributed by atoms with van der Waals surface area (Å²) in [7, 11) is 1.51. The van der Waals surface area contributed by atoms with E-state index < -0.39 is 0 Å². The van der Waals surface area contributed by atoms with E-state index >= 15 is 0 Å². The molecule has 70 valence electrons. The minimum Gasteiger partial charge on any atom is -0.482 e. The first-order chi connectivity index (χ1) is 5.38. The van der Waals surface area contributed by atoms with Crippen LogP contribution in [0, 0.1) is 5.41 Å². The largest absolute Gasteiger partial charge is 0.482 e. The van der Waals surface area contributed by atoms with E-state index in [1.165, 1.54) is 18.9 Å². The molecule has 0 bridgehead atoms. The number of hydrogen-bond acceptors (Lipinski definition) is 4. The highest BCUT2D eigenvalue weighted by atomic mass is 32.2. The number of carbonyl (C=O) groups is 1. The molecule has 0 aliphatic rings. The third-order valence-electron chi connectivity index (χ3n) is 1.32. The molecule has 0 atom stereocenters. The van der Waals surface area contributed by atoms with Crippen molar-refractivity contribution in [3.8, 4) is 0 Å². The number of Topliss-reactive ketones (excluding diaryl/α,β-unsaturated/α-hetero) is 1. The summed E-state index contributed by atoms with van der Waals surface area (Å²) in [5, 5.41) is 0. The van der Waals surface area contributed by atoms with E-state index in [1.807, 2.05) is 20.8 Å². The van der Waals surface area contributed by atoms with E-state index in [9.17, 15) is 4.79 Å². The smallest absolute Gasteiger partial charge is 0.220 e. The van der Waals surface area contributed by atoms with Crippen LogP contribution in [0.25, 0.3) is 0 Å². The molecule has 0 aliphatic heterocycles. The molecular formula is C8H14O2S2. The van der Waals surface area contributed by atoms with Crippen LogP contribution in [-0.2, 0) is 9.53 Å². The van der Waals surface area contributed by atoms with Gasteiger partial charge in [0.25, 0.3) is 0 Å². The normalized spacial score (nSPS) is 11.0. The van der Waals surface area contributed by atoms with Crippen LogP contribution in [0.2, 0.25) is 0 Å². The fourth-order valence-electron chi connectivity index (χ4n) is 0.400. The number of methoxy groups -OCH3 is 1. The molecule has 0 heterocycles. The van der Waals surface area contributed by atoms with Crippen molar-refractivity contribution in [3.63, 3.8) is 0 Å². The average Bonchev–Trinajstić information content (AvgIpc) is 1.97. The van der Waals surface area contributed by atoms with Crippen LogP contribution in [0.5, 0.6) is 0 Å². The summed E-state index contributed by atoms with van der Waals surface area (Å²) in [5.41, 5.74) is -0.281. The Morgan fingerprint density at radius 1 is 1.50 bits per heavy atom. The van der Waals surface area contributed by atoms with Gasteiger partial charge in [0.2, 0.25) is 4.38 Å². The van der Waals surface area contributed by atoms with Crippen LogP contribution in [0.15, 0.2) is 0 Å². The summed E-state index contributed by atoms with van der Waals surface area (Å²) in [4.78, 5) is 11.3. The molecule has 0 N–H and O–H groups in total. The lowest BCUT2D eigenvalue weighted by molar-refractivity contribution is -0.123. The topological polar surface area (TPSA) is 26.3 Å². The van der Waals surface area contributed by atoms with Gasteiger partial charge in [-0.3, -0.25) is 4.79 Å². The summed E-state index contributed by atoms with van der Waals surface area (Å²) in [5.74, 6) is 0.586. The van der Waals surface area contributed by atoms with Gasteiger partial charge in [-0.15, -0.1) is 0 Å². The first-order valence-corrected chi connectivity index (χ1v) is 5.01. The molecule has 0 spiro atoms. The third kappa shape index (κ3) is 4.72. The summed E-state index contributed by atoms with van der Waals surface area (Å²) in [6, 6.07) is 0. The molecule has 0 amide bonds. The molecule has 0 saturated carbocycles. The molecule has 0 unspecified atom stereocenters. The van der Waals surface area contributed by atoms with Gasteiger partial charge in [-0.25, -0.2) is 0 Å². The van der Waals surface area contributed by atoms with Gasteiger partial charge in [0.1, 0.15) is 5.78 Å². The molecule has 0 fully saturated rings. The maximum absolute atomic E-state index is 11.3. The van der Waals surface area contributed by atoms with Crippen molar-refractivity contribution in [3.05, 3.63) is 0 Å². The van der Waals surface area contributed by atoms with Gasteiger partial charge in [0, 0.05) is 5.41 Å². The van der Waals surface area contributed by atoms with Gasteiger partial charge in [-0.2, -0.15) is 0 Å². The van der Waals surface area contributed by atoms with Crippen molar-refractivity contribution in [1.82, 2.24) is 0 Å². The zero-order valence-electron chi connectivity index (χ0n) is 7.84. The van der Waals surface area contributed by atoms with Crippen LogP contribution in [0.1, 0.15) is 20.8 Å². The van der Waals surface area contributed by atoms with Gasteiger partial charge in [-0.05, 0) is 12.2 Å². The number of hydrogen-bond donors (Lipinski definition) is 0. The molecule has 0 saturated heterocycles. The molecule has 12 heavy (non-hydrogen) atoms. The second-order valence-electron chi connectivity index (χ2n) is 3.42. The minimum atomic E-state index is -0.281. The number of thioether (sulfide) groups is 1. The lowest BCUT2D eigenvalue weighted by Crippen LogP contribution is -2.22. The van der Waals surface area contributed by atoms with E-state index in [0.717, 1.165) is 0 Å². The molecule has 4 heteroatoms. The molecule has 0 radical (unpaired) electrons. The lowest BCUT2D eigenvalue weighted by Gasteiger charge is -2.15. The fourth-order valence-corrected chi connectivity index (χ4v) is 1.38. The predicted molar refractivity (Wildman–Crippen MR) is 56.5 cm³/mol. The van der Waals surface area contributed by atoms with Gasteiger partial charge in [0.15, 0.2) is 0 Å². The Kier molecular flexibility index (Phi) is 4.78. The Labute approximate surface area is 83.1 Å².